The van der Waals surface area contributed by atoms with Crippen molar-refractivity contribution in [2.24, 2.45) is 11.7 Å². The third kappa shape index (κ3) is 3.75. The summed E-state index contributed by atoms with van der Waals surface area (Å²) in [7, 11) is 0. The van der Waals surface area contributed by atoms with E-state index in [0.29, 0.717) is 12.3 Å². The van der Waals surface area contributed by atoms with Crippen molar-refractivity contribution in [2.45, 2.75) is 32.2 Å². The van der Waals surface area contributed by atoms with Crippen molar-refractivity contribution in [3.05, 3.63) is 29.8 Å². The Balaban J connectivity index is 2.97. The van der Waals surface area contributed by atoms with Gasteiger partial charge in [0.05, 0.1) is 0 Å². The lowest BCUT2D eigenvalue weighted by Gasteiger charge is -2.23. The summed E-state index contributed by atoms with van der Waals surface area (Å²) in [5, 5.41) is 18.2. The van der Waals surface area contributed by atoms with Gasteiger partial charge < -0.3 is 15.9 Å². The van der Waals surface area contributed by atoms with Gasteiger partial charge in [-0.3, -0.25) is 4.79 Å². The molecule has 17 heavy (non-hydrogen) atoms. The molecule has 4 heteroatoms. The Morgan fingerprint density at radius 3 is 2.24 bits per heavy atom. The number of hydrogen-bond donors (Lipinski definition) is 3. The van der Waals surface area contributed by atoms with Crippen LogP contribution in [-0.4, -0.2) is 22.2 Å². The highest BCUT2D eigenvalue weighted by molar-refractivity contribution is 5.74. The van der Waals surface area contributed by atoms with Crippen LogP contribution in [0, 0.1) is 5.92 Å². The van der Waals surface area contributed by atoms with Crippen molar-refractivity contribution in [3.8, 4) is 5.75 Å². The van der Waals surface area contributed by atoms with E-state index in [-0.39, 0.29) is 11.7 Å². The van der Waals surface area contributed by atoms with E-state index in [4.69, 9.17) is 10.8 Å². The first-order valence-electron chi connectivity index (χ1n) is 5.69. The number of carboxylic acid groups (broad SMARTS) is 1. The Morgan fingerprint density at radius 1 is 1.29 bits per heavy atom. The Morgan fingerprint density at radius 2 is 1.82 bits per heavy atom. The molecule has 1 aromatic carbocycles. The maximum atomic E-state index is 11.0. The molecule has 2 atom stereocenters. The fourth-order valence-corrected chi connectivity index (χ4v) is 1.89. The van der Waals surface area contributed by atoms with Crippen LogP contribution in [0.1, 0.15) is 31.7 Å². The lowest BCUT2D eigenvalue weighted by atomic mass is 9.85. The molecule has 0 amide bonds. The Labute approximate surface area is 101 Å². The van der Waals surface area contributed by atoms with Gasteiger partial charge >= 0.3 is 5.97 Å². The average molecular weight is 237 g/mol. The second-order valence-electron chi connectivity index (χ2n) is 4.69. The second kappa shape index (κ2) is 5.68. The monoisotopic (exact) mass is 237 g/mol. The molecule has 0 aliphatic rings. The summed E-state index contributed by atoms with van der Waals surface area (Å²) < 4.78 is 0. The molecule has 0 spiro atoms. The number of carboxylic acids is 1. The highest BCUT2D eigenvalue weighted by atomic mass is 16.4. The Hall–Kier alpha value is -1.55. The van der Waals surface area contributed by atoms with Crippen molar-refractivity contribution in [1.82, 2.24) is 0 Å². The number of carbonyl (C=O) groups is 1. The molecule has 0 aromatic heterocycles. The fourth-order valence-electron chi connectivity index (χ4n) is 1.89. The van der Waals surface area contributed by atoms with Gasteiger partial charge in [-0.05, 0) is 30.0 Å². The molecule has 94 valence electrons. The maximum Gasteiger partial charge on any atom is 0.321 e. The summed E-state index contributed by atoms with van der Waals surface area (Å²) in [6.45, 7) is 4.06. The van der Waals surface area contributed by atoms with Crippen molar-refractivity contribution in [1.29, 1.82) is 0 Å². The quantitative estimate of drug-likeness (QED) is 0.730. The molecule has 0 fully saturated rings. The van der Waals surface area contributed by atoms with Gasteiger partial charge in [0.1, 0.15) is 11.8 Å². The largest absolute Gasteiger partial charge is 0.508 e. The first-order valence-corrected chi connectivity index (χ1v) is 5.69. The van der Waals surface area contributed by atoms with E-state index in [1.165, 1.54) is 0 Å². The highest BCUT2D eigenvalue weighted by Gasteiger charge is 2.26. The van der Waals surface area contributed by atoms with Gasteiger partial charge in [0.25, 0.3) is 0 Å². The molecule has 4 N–H and O–H groups in total. The van der Waals surface area contributed by atoms with Crippen LogP contribution in [0.25, 0.3) is 0 Å². The van der Waals surface area contributed by atoms with Crippen LogP contribution in [0.4, 0.5) is 0 Å². The molecule has 0 saturated carbocycles. The SMILES string of the molecule is CC(C)CC(c1ccc(O)cc1)[C@H](N)C(=O)O. The molecule has 0 aliphatic heterocycles. The van der Waals surface area contributed by atoms with E-state index in [0.717, 1.165) is 5.56 Å². The average Bonchev–Trinajstić information content (AvgIpc) is 2.26. The number of aromatic hydroxyl groups is 1. The smallest absolute Gasteiger partial charge is 0.321 e. The molecular formula is C13H19NO3. The molecule has 0 bridgehead atoms. The van der Waals surface area contributed by atoms with Gasteiger partial charge in [-0.1, -0.05) is 26.0 Å². The lowest BCUT2D eigenvalue weighted by Crippen LogP contribution is -2.37. The van der Waals surface area contributed by atoms with Crippen LogP contribution in [0.15, 0.2) is 24.3 Å². The van der Waals surface area contributed by atoms with Gasteiger partial charge in [0.2, 0.25) is 0 Å². The number of hydrogen-bond acceptors (Lipinski definition) is 3. The van der Waals surface area contributed by atoms with Crippen LogP contribution in [-0.2, 0) is 4.79 Å². The second-order valence-corrected chi connectivity index (χ2v) is 4.69. The normalized spacial score (nSPS) is 14.6. The summed E-state index contributed by atoms with van der Waals surface area (Å²) in [5.74, 6) is -0.697. The summed E-state index contributed by atoms with van der Waals surface area (Å²) >= 11 is 0. The number of phenolic OH excluding ortho intramolecular Hbond substituents is 1. The summed E-state index contributed by atoms with van der Waals surface area (Å²) in [4.78, 5) is 11.0. The highest BCUT2D eigenvalue weighted by Crippen LogP contribution is 2.27. The molecule has 0 saturated heterocycles. The number of phenols is 1. The predicted molar refractivity (Wildman–Crippen MR) is 65.9 cm³/mol. The minimum Gasteiger partial charge on any atom is -0.508 e. The number of nitrogens with two attached hydrogens (primary N) is 1. The van der Waals surface area contributed by atoms with E-state index in [9.17, 15) is 9.90 Å². The lowest BCUT2D eigenvalue weighted by molar-refractivity contribution is -0.139. The first-order chi connectivity index (χ1) is 7.91. The van der Waals surface area contributed by atoms with Crippen molar-refractivity contribution in [2.75, 3.05) is 0 Å². The number of aliphatic carboxylic acids is 1. The first kappa shape index (κ1) is 13.5. The van der Waals surface area contributed by atoms with Gasteiger partial charge in [0.15, 0.2) is 0 Å². The van der Waals surface area contributed by atoms with Crippen molar-refractivity contribution in [3.63, 3.8) is 0 Å². The minimum atomic E-state index is -0.997. The molecule has 0 radical (unpaired) electrons. The van der Waals surface area contributed by atoms with Gasteiger partial charge in [-0.2, -0.15) is 0 Å². The van der Waals surface area contributed by atoms with Crippen LogP contribution in [0.5, 0.6) is 5.75 Å². The summed E-state index contributed by atoms with van der Waals surface area (Å²) in [6.07, 6.45) is 0.707. The van der Waals surface area contributed by atoms with E-state index in [1.807, 2.05) is 13.8 Å². The van der Waals surface area contributed by atoms with E-state index in [2.05, 4.69) is 0 Å². The standard InChI is InChI=1S/C13H19NO3/c1-8(2)7-11(12(14)13(16)17)9-3-5-10(15)6-4-9/h3-6,8,11-12,15H,7,14H2,1-2H3,(H,16,17)/t11?,12-/m0/s1. The zero-order valence-electron chi connectivity index (χ0n) is 10.1. The van der Waals surface area contributed by atoms with Crippen molar-refractivity contribution < 1.29 is 15.0 Å². The third-order valence-electron chi connectivity index (χ3n) is 2.77. The molecule has 0 heterocycles. The third-order valence-corrected chi connectivity index (χ3v) is 2.77. The predicted octanol–water partition coefficient (Wildman–Crippen LogP) is 1.93. The van der Waals surface area contributed by atoms with Gasteiger partial charge in [-0.15, -0.1) is 0 Å². The minimum absolute atomic E-state index is 0.168. The van der Waals surface area contributed by atoms with E-state index in [1.54, 1.807) is 24.3 Å². The van der Waals surface area contributed by atoms with E-state index < -0.39 is 12.0 Å². The van der Waals surface area contributed by atoms with Crippen LogP contribution >= 0.6 is 0 Å². The van der Waals surface area contributed by atoms with E-state index >= 15 is 0 Å². The molecular weight excluding hydrogens is 218 g/mol. The molecule has 1 unspecified atom stereocenters. The maximum absolute atomic E-state index is 11.0. The molecule has 4 nitrogen and oxygen atoms in total. The van der Waals surface area contributed by atoms with Crippen LogP contribution in [0.2, 0.25) is 0 Å². The molecule has 1 aromatic rings. The fraction of sp³-hybridized carbons (Fsp3) is 0.462. The van der Waals surface area contributed by atoms with Crippen LogP contribution in [0.3, 0.4) is 0 Å². The number of benzene rings is 1. The molecule has 0 aliphatic carbocycles. The Kier molecular flexibility index (Phi) is 4.52. The summed E-state index contributed by atoms with van der Waals surface area (Å²) in [6, 6.07) is 5.65. The Bertz CT molecular complexity index is 373. The zero-order valence-corrected chi connectivity index (χ0v) is 10.1. The van der Waals surface area contributed by atoms with Gasteiger partial charge in [0, 0.05) is 5.92 Å². The van der Waals surface area contributed by atoms with Crippen LogP contribution < -0.4 is 5.73 Å². The van der Waals surface area contributed by atoms with Crippen molar-refractivity contribution >= 4 is 5.97 Å². The molecule has 1 rings (SSSR count). The zero-order chi connectivity index (χ0) is 13.0. The van der Waals surface area contributed by atoms with Gasteiger partial charge in [-0.25, -0.2) is 0 Å². The number of rotatable bonds is 5. The summed E-state index contributed by atoms with van der Waals surface area (Å²) in [5.41, 5.74) is 6.57. The topological polar surface area (TPSA) is 83.5 Å².